The molecule has 0 aromatic carbocycles. The Labute approximate surface area is 216 Å². The minimum atomic E-state index is -4.31. The number of anilines is 1. The average Bonchev–Trinajstić information content (AvgIpc) is 3.64. The molecule has 1 aliphatic carbocycles. The van der Waals surface area contributed by atoms with Gasteiger partial charge >= 0.3 is 6.18 Å². The molecule has 2 aromatic heterocycles. The van der Waals surface area contributed by atoms with Crippen molar-refractivity contribution in [2.24, 2.45) is 10.7 Å². The lowest BCUT2D eigenvalue weighted by molar-refractivity contribution is -0.136. The fourth-order valence-electron chi connectivity index (χ4n) is 4.70. The highest BCUT2D eigenvalue weighted by Gasteiger charge is 2.49. The third-order valence-electron chi connectivity index (χ3n) is 6.82. The van der Waals surface area contributed by atoms with Crippen LogP contribution in [-0.4, -0.2) is 65.6 Å². The number of alkyl halides is 5. The molecule has 2 aromatic rings. The Hall–Kier alpha value is -3.40. The fourth-order valence-corrected chi connectivity index (χ4v) is 4.70. The summed E-state index contributed by atoms with van der Waals surface area (Å²) in [7, 11) is 0. The van der Waals surface area contributed by atoms with Gasteiger partial charge in [0.2, 0.25) is 5.95 Å². The van der Waals surface area contributed by atoms with Crippen molar-refractivity contribution in [2.45, 2.75) is 69.8 Å². The highest BCUT2D eigenvalue weighted by Crippen LogP contribution is 2.54. The van der Waals surface area contributed by atoms with Gasteiger partial charge in [0.25, 0.3) is 6.43 Å². The van der Waals surface area contributed by atoms with E-state index in [1.54, 1.807) is 13.0 Å². The number of morpholine rings is 1. The van der Waals surface area contributed by atoms with Crippen LogP contribution < -0.4 is 10.6 Å². The van der Waals surface area contributed by atoms with Crippen LogP contribution in [0.1, 0.15) is 49.6 Å². The third-order valence-corrected chi connectivity index (χ3v) is 6.82. The largest absolute Gasteiger partial charge is 0.404 e. The van der Waals surface area contributed by atoms with Crippen LogP contribution in [0.25, 0.3) is 11.0 Å². The fraction of sp³-hybridized carbons (Fsp3) is 0.560. The number of nitrogens with two attached hydrogens (primary N) is 1. The van der Waals surface area contributed by atoms with E-state index < -0.39 is 37.1 Å². The number of nitrogens with zero attached hydrogens (tertiary/aromatic N) is 6. The zero-order chi connectivity index (χ0) is 27.7. The summed E-state index contributed by atoms with van der Waals surface area (Å²) in [6.45, 7) is 3.40. The molecule has 2 N–H and O–H groups in total. The Morgan fingerprint density at radius 3 is 2.66 bits per heavy atom. The van der Waals surface area contributed by atoms with E-state index in [0.717, 1.165) is 0 Å². The van der Waals surface area contributed by atoms with E-state index in [2.05, 4.69) is 21.0 Å². The lowest BCUT2D eigenvalue weighted by atomic mass is 9.92. The van der Waals surface area contributed by atoms with Gasteiger partial charge in [-0.3, -0.25) is 4.99 Å². The van der Waals surface area contributed by atoms with Crippen molar-refractivity contribution in [1.82, 2.24) is 15.0 Å². The van der Waals surface area contributed by atoms with E-state index in [1.807, 2.05) is 11.8 Å². The second-order valence-electron chi connectivity index (χ2n) is 9.76. The summed E-state index contributed by atoms with van der Waals surface area (Å²) in [6, 6.07) is 3.67. The van der Waals surface area contributed by atoms with Gasteiger partial charge in [0.1, 0.15) is 12.2 Å². The van der Waals surface area contributed by atoms with E-state index in [9.17, 15) is 27.2 Å². The van der Waals surface area contributed by atoms with Crippen molar-refractivity contribution in [3.8, 4) is 6.07 Å². The molecular formula is C25H28F5N7O. The second kappa shape index (κ2) is 10.8. The smallest absolute Gasteiger partial charge is 0.389 e. The highest BCUT2D eigenvalue weighted by atomic mass is 19.4. The monoisotopic (exact) mass is 537 g/mol. The first-order chi connectivity index (χ1) is 17.9. The Kier molecular flexibility index (Phi) is 7.83. The van der Waals surface area contributed by atoms with E-state index >= 15 is 0 Å². The van der Waals surface area contributed by atoms with Crippen LogP contribution in [0.4, 0.5) is 27.9 Å². The molecule has 0 spiro atoms. The Morgan fingerprint density at radius 2 is 2.05 bits per heavy atom. The predicted molar refractivity (Wildman–Crippen MR) is 131 cm³/mol. The summed E-state index contributed by atoms with van der Waals surface area (Å²) in [5, 5.41) is 9.98. The van der Waals surface area contributed by atoms with Crippen LogP contribution >= 0.6 is 0 Å². The Morgan fingerprint density at radius 1 is 1.32 bits per heavy atom. The standard InChI is InChI=1S/C25H28F5N7O/c1-14-12-37(13-19(38-14)17(9-32)10-33-11-20(26)27)23-35-21(24(3-4-24)5-6-25(28,29)30)18-7-16(8-31)15(2)34-22(18)36-23/h7,9-10,14,19-20H,3-6,11-13,32H2,1-2H3/b17-9+,33-10?. The zero-order valence-corrected chi connectivity index (χ0v) is 21.0. The quantitative estimate of drug-likeness (QED) is 0.393. The van der Waals surface area contributed by atoms with Crippen LogP contribution in [0.2, 0.25) is 0 Å². The molecule has 0 radical (unpaired) electrons. The highest BCUT2D eigenvalue weighted by molar-refractivity contribution is 5.82. The van der Waals surface area contributed by atoms with Crippen LogP contribution in [0.15, 0.2) is 22.8 Å². The number of hydrogen-bond acceptors (Lipinski definition) is 8. The topological polar surface area (TPSA) is 113 Å². The molecule has 8 nitrogen and oxygen atoms in total. The number of ether oxygens (including phenoxy) is 1. The molecule has 38 heavy (non-hydrogen) atoms. The lowest BCUT2D eigenvalue weighted by Gasteiger charge is -2.37. The van der Waals surface area contributed by atoms with Crippen molar-refractivity contribution in [3.63, 3.8) is 0 Å². The van der Waals surface area contributed by atoms with E-state index in [-0.39, 0.29) is 25.0 Å². The summed E-state index contributed by atoms with van der Waals surface area (Å²) in [5.41, 5.74) is 6.86. The summed E-state index contributed by atoms with van der Waals surface area (Å²) in [4.78, 5) is 19.4. The van der Waals surface area contributed by atoms with Crippen LogP contribution in [0.5, 0.6) is 0 Å². The first kappa shape index (κ1) is 27.6. The van der Waals surface area contributed by atoms with Gasteiger partial charge in [-0.05, 0) is 39.2 Å². The number of rotatable bonds is 8. The van der Waals surface area contributed by atoms with Gasteiger partial charge in [-0.25, -0.2) is 18.7 Å². The number of nitriles is 1. The maximum atomic E-state index is 13.1. The molecule has 3 heterocycles. The molecule has 0 amide bonds. The zero-order valence-electron chi connectivity index (χ0n) is 21.0. The van der Waals surface area contributed by atoms with E-state index in [1.165, 1.54) is 12.4 Å². The summed E-state index contributed by atoms with van der Waals surface area (Å²) in [6.07, 6.45) is -5.36. The Balaban J connectivity index is 1.73. The number of aryl methyl sites for hydroxylation is 1. The molecule has 1 saturated carbocycles. The molecule has 204 valence electrons. The molecular weight excluding hydrogens is 509 g/mol. The van der Waals surface area contributed by atoms with Crippen molar-refractivity contribution in [2.75, 3.05) is 24.5 Å². The van der Waals surface area contributed by atoms with Gasteiger partial charge in [0, 0.05) is 41.8 Å². The lowest BCUT2D eigenvalue weighted by Crippen LogP contribution is -2.48. The van der Waals surface area contributed by atoms with Gasteiger partial charge < -0.3 is 15.4 Å². The van der Waals surface area contributed by atoms with Gasteiger partial charge in [-0.2, -0.15) is 23.4 Å². The number of hydrogen-bond donors (Lipinski definition) is 1. The van der Waals surface area contributed by atoms with Crippen LogP contribution in [0.3, 0.4) is 0 Å². The molecule has 1 aliphatic heterocycles. The molecule has 13 heteroatoms. The van der Waals surface area contributed by atoms with Crippen molar-refractivity contribution in [1.29, 1.82) is 5.26 Å². The maximum Gasteiger partial charge on any atom is 0.389 e. The SMILES string of the molecule is Cc1nc2nc(N3CC(C)OC(/C(C=NCC(F)F)=C/N)C3)nc(C3(CCC(F)(F)F)CC3)c2cc1C#N. The number of aromatic nitrogens is 3. The van der Waals surface area contributed by atoms with Crippen LogP contribution in [0, 0.1) is 18.3 Å². The summed E-state index contributed by atoms with van der Waals surface area (Å²) in [5.74, 6) is 0.267. The van der Waals surface area contributed by atoms with Crippen LogP contribution in [-0.2, 0) is 10.2 Å². The maximum absolute atomic E-state index is 13.1. The third kappa shape index (κ3) is 6.18. The van der Waals surface area contributed by atoms with E-state index in [4.69, 9.17) is 15.5 Å². The van der Waals surface area contributed by atoms with Crippen molar-refractivity contribution < 1.29 is 26.7 Å². The van der Waals surface area contributed by atoms with Gasteiger partial charge in [0.05, 0.1) is 36.1 Å². The second-order valence-corrected chi connectivity index (χ2v) is 9.76. The molecule has 2 aliphatic rings. The number of pyridine rings is 1. The molecule has 1 saturated heterocycles. The van der Waals surface area contributed by atoms with Crippen molar-refractivity contribution in [3.05, 3.63) is 34.8 Å². The Bertz CT molecular complexity index is 1280. The average molecular weight is 538 g/mol. The minimum Gasteiger partial charge on any atom is -0.404 e. The van der Waals surface area contributed by atoms with E-state index in [0.29, 0.717) is 52.9 Å². The van der Waals surface area contributed by atoms with Crippen molar-refractivity contribution >= 4 is 23.2 Å². The van der Waals surface area contributed by atoms with Gasteiger partial charge in [0.15, 0.2) is 5.65 Å². The first-order valence-corrected chi connectivity index (χ1v) is 12.2. The molecule has 2 fully saturated rings. The molecule has 2 unspecified atom stereocenters. The first-order valence-electron chi connectivity index (χ1n) is 12.2. The number of aliphatic imine (C=N–C) groups is 1. The molecule has 4 rings (SSSR count). The normalized spacial score (nSPS) is 21.9. The number of fused-ring (bicyclic) bond motifs is 1. The minimum absolute atomic E-state index is 0.124. The predicted octanol–water partition coefficient (Wildman–Crippen LogP) is 4.35. The molecule has 2 atom stereocenters. The number of halogens is 5. The molecule has 0 bridgehead atoms. The van der Waals surface area contributed by atoms with Gasteiger partial charge in [-0.1, -0.05) is 0 Å². The van der Waals surface area contributed by atoms with Gasteiger partial charge in [-0.15, -0.1) is 0 Å². The summed E-state index contributed by atoms with van der Waals surface area (Å²) < 4.78 is 70.4. The summed E-state index contributed by atoms with van der Waals surface area (Å²) >= 11 is 0.